The first-order chi connectivity index (χ1) is 15.4. The lowest BCUT2D eigenvalue weighted by atomic mass is 10.1. The number of pyridine rings is 1. The summed E-state index contributed by atoms with van der Waals surface area (Å²) < 4.78 is 35.6. The lowest BCUT2D eigenvalue weighted by molar-refractivity contribution is 0.227. The molecule has 2 heterocycles. The third-order valence-corrected chi connectivity index (χ3v) is 5.28. The van der Waals surface area contributed by atoms with E-state index in [2.05, 4.69) is 24.6 Å². The van der Waals surface area contributed by atoms with Crippen molar-refractivity contribution >= 4 is 38.7 Å². The highest BCUT2D eigenvalue weighted by Gasteiger charge is 2.15. The van der Waals surface area contributed by atoms with E-state index < -0.39 is 16.4 Å². The number of fused-ring (bicyclic) bond motifs is 1. The molecule has 32 heavy (non-hydrogen) atoms. The molecule has 1 N–H and O–H groups in total. The highest BCUT2D eigenvalue weighted by molar-refractivity contribution is 7.74. The number of rotatable bonds is 6. The van der Waals surface area contributed by atoms with Gasteiger partial charge in [0.2, 0.25) is 0 Å². The Balaban J connectivity index is 1.72. The van der Waals surface area contributed by atoms with Gasteiger partial charge in [-0.25, -0.2) is 14.4 Å². The third-order valence-electron chi connectivity index (χ3n) is 4.81. The Morgan fingerprint density at radius 3 is 2.78 bits per heavy atom. The smallest absolute Gasteiger partial charge is 0.146 e. The maximum absolute atomic E-state index is 14.0. The molecule has 2 aromatic carbocycles. The lowest BCUT2D eigenvalue weighted by Crippen LogP contribution is -2.06. The van der Waals surface area contributed by atoms with Crippen LogP contribution in [0.4, 0.5) is 21.6 Å². The fourth-order valence-electron chi connectivity index (χ4n) is 3.37. The van der Waals surface area contributed by atoms with Gasteiger partial charge >= 0.3 is 0 Å². The predicted octanol–water partition coefficient (Wildman–Crippen LogP) is 5.76. The molecular formula is C23H21FN5O2S-. The van der Waals surface area contributed by atoms with Crippen LogP contribution in [0.1, 0.15) is 24.2 Å². The Kier molecular flexibility index (Phi) is 6.27. The van der Waals surface area contributed by atoms with Crippen LogP contribution in [0.25, 0.3) is 10.9 Å². The zero-order valence-electron chi connectivity index (χ0n) is 17.7. The summed E-state index contributed by atoms with van der Waals surface area (Å²) in [5.74, 6) is 0.479. The van der Waals surface area contributed by atoms with Crippen LogP contribution in [0.2, 0.25) is 0 Å². The van der Waals surface area contributed by atoms with E-state index in [0.29, 0.717) is 28.5 Å². The van der Waals surface area contributed by atoms with Crippen LogP contribution in [0.5, 0.6) is 5.75 Å². The normalized spacial score (nSPS) is 13.1. The molecule has 0 saturated heterocycles. The largest absolute Gasteiger partial charge is 0.484 e. The molecule has 0 spiro atoms. The average Bonchev–Trinajstić information content (AvgIpc) is 2.75. The Morgan fingerprint density at radius 2 is 2.03 bits per heavy atom. The summed E-state index contributed by atoms with van der Waals surface area (Å²) >= 11 is 0. The standard InChI is InChI=1S/C23H21FN5O2S/c1-14-9-18(29-32(3)30)11-20-22(14)23(27-13-26-20)28-19-7-6-17(24)10-21(19)31-15(2)16-5-4-8-25-12-16/h4-13,15H,1-3H3,(H,26,27,28)/q-1. The van der Waals surface area contributed by atoms with Gasteiger partial charge in [-0.05, 0) is 49.7 Å². The zero-order chi connectivity index (χ0) is 22.7. The van der Waals surface area contributed by atoms with Crippen molar-refractivity contribution in [1.82, 2.24) is 15.0 Å². The van der Waals surface area contributed by atoms with Gasteiger partial charge in [-0.3, -0.25) is 4.98 Å². The Bertz CT molecular complexity index is 1360. The van der Waals surface area contributed by atoms with Gasteiger partial charge in [0.15, 0.2) is 0 Å². The quantitative estimate of drug-likeness (QED) is 0.376. The van der Waals surface area contributed by atoms with Crippen molar-refractivity contribution in [3.8, 4) is 5.75 Å². The van der Waals surface area contributed by atoms with Crippen molar-refractivity contribution in [3.63, 3.8) is 0 Å². The van der Waals surface area contributed by atoms with Gasteiger partial charge in [0.05, 0.1) is 11.2 Å². The molecule has 4 rings (SSSR count). The number of benzene rings is 2. The molecule has 164 valence electrons. The second-order valence-electron chi connectivity index (χ2n) is 7.21. The molecule has 2 aromatic heterocycles. The molecule has 0 bridgehead atoms. The van der Waals surface area contributed by atoms with Gasteiger partial charge in [-0.15, -0.1) is 6.26 Å². The Morgan fingerprint density at radius 1 is 1.19 bits per heavy atom. The minimum atomic E-state index is -1.32. The van der Waals surface area contributed by atoms with Gasteiger partial charge in [-0.1, -0.05) is 6.07 Å². The van der Waals surface area contributed by atoms with Gasteiger partial charge in [0.1, 0.15) is 29.8 Å². The molecule has 0 radical (unpaired) electrons. The van der Waals surface area contributed by atoms with Crippen molar-refractivity contribution in [3.05, 3.63) is 78.1 Å². The van der Waals surface area contributed by atoms with Crippen molar-refractivity contribution in [2.24, 2.45) is 4.36 Å². The summed E-state index contributed by atoms with van der Waals surface area (Å²) in [6, 6.07) is 11.6. The van der Waals surface area contributed by atoms with Crippen LogP contribution < -0.4 is 10.1 Å². The van der Waals surface area contributed by atoms with Gasteiger partial charge in [0.25, 0.3) is 0 Å². The van der Waals surface area contributed by atoms with E-state index in [-0.39, 0.29) is 6.10 Å². The fourth-order valence-corrected chi connectivity index (χ4v) is 3.77. The Hall–Kier alpha value is -3.59. The highest BCUT2D eigenvalue weighted by Crippen LogP contribution is 2.35. The second kappa shape index (κ2) is 9.27. The lowest BCUT2D eigenvalue weighted by Gasteiger charge is -2.19. The number of ether oxygens (including phenoxy) is 1. The molecule has 9 heteroatoms. The van der Waals surface area contributed by atoms with E-state index >= 15 is 0 Å². The minimum Gasteiger partial charge on any atom is -0.484 e. The van der Waals surface area contributed by atoms with Gasteiger partial charge in [0, 0.05) is 35.1 Å². The molecule has 0 aliphatic rings. The zero-order valence-corrected chi connectivity index (χ0v) is 18.6. The molecule has 0 aliphatic heterocycles. The van der Waals surface area contributed by atoms with Crippen LogP contribution in [0, 0.1) is 12.7 Å². The van der Waals surface area contributed by atoms with Crippen LogP contribution in [0.3, 0.4) is 0 Å². The van der Waals surface area contributed by atoms with Crippen molar-refractivity contribution in [2.45, 2.75) is 20.0 Å². The number of aromatic nitrogens is 3. The second-order valence-corrected chi connectivity index (χ2v) is 8.24. The van der Waals surface area contributed by atoms with Crippen molar-refractivity contribution < 1.29 is 13.3 Å². The predicted molar refractivity (Wildman–Crippen MR) is 123 cm³/mol. The summed E-state index contributed by atoms with van der Waals surface area (Å²) in [5.41, 5.74) is 3.53. The first-order valence-electron chi connectivity index (χ1n) is 9.84. The molecule has 0 fully saturated rings. The maximum atomic E-state index is 14.0. The van der Waals surface area contributed by atoms with E-state index in [1.165, 1.54) is 24.7 Å². The summed E-state index contributed by atoms with van der Waals surface area (Å²) in [6.07, 6.45) is 6.00. The number of aryl methyl sites for hydroxylation is 1. The van der Waals surface area contributed by atoms with Gasteiger partial charge in [-0.2, -0.15) is 10.6 Å². The molecule has 0 aliphatic carbocycles. The third kappa shape index (κ3) is 4.83. The van der Waals surface area contributed by atoms with Crippen molar-refractivity contribution in [2.75, 3.05) is 11.6 Å². The monoisotopic (exact) mass is 450 g/mol. The number of nitrogens with zero attached hydrogens (tertiary/aromatic N) is 4. The van der Waals surface area contributed by atoms with Crippen LogP contribution >= 0.6 is 0 Å². The van der Waals surface area contributed by atoms with Crippen molar-refractivity contribution in [1.29, 1.82) is 0 Å². The summed E-state index contributed by atoms with van der Waals surface area (Å²) in [6.45, 7) is 3.78. The number of anilines is 2. The summed E-state index contributed by atoms with van der Waals surface area (Å²) in [7, 11) is -1.32. The molecule has 4 aromatic rings. The topological polar surface area (TPSA) is 89.4 Å². The molecule has 0 amide bonds. The van der Waals surface area contributed by atoms with E-state index in [9.17, 15) is 8.60 Å². The molecular weight excluding hydrogens is 429 g/mol. The van der Waals surface area contributed by atoms with E-state index in [1.807, 2.05) is 32.0 Å². The van der Waals surface area contributed by atoms with Crippen LogP contribution in [-0.2, 0) is 14.8 Å². The highest BCUT2D eigenvalue weighted by atomic mass is 32.2. The summed E-state index contributed by atoms with van der Waals surface area (Å²) in [5, 5.41) is 4.03. The number of hydrogen-bond donors (Lipinski definition) is 1. The fraction of sp³-hybridized carbons (Fsp3) is 0.174. The number of hydrogen-bond acceptors (Lipinski definition) is 8. The number of nitrogens with one attached hydrogen (secondary N) is 1. The van der Waals surface area contributed by atoms with Crippen LogP contribution in [0.15, 0.2) is 65.5 Å². The molecule has 1 unspecified atom stereocenters. The van der Waals surface area contributed by atoms with E-state index in [4.69, 9.17) is 4.74 Å². The summed E-state index contributed by atoms with van der Waals surface area (Å²) in [4.78, 5) is 12.8. The SMILES string of the molecule is Cc1cc(N=[S-](C)=O)cc2ncnc(Nc3ccc(F)cc3OC(C)c3cccnc3)c12. The molecule has 1 atom stereocenters. The van der Waals surface area contributed by atoms with Crippen LogP contribution in [-0.4, -0.2) is 21.2 Å². The molecule has 7 nitrogen and oxygen atoms in total. The average molecular weight is 451 g/mol. The molecule has 0 saturated carbocycles. The minimum absolute atomic E-state index is 0.339. The van der Waals surface area contributed by atoms with E-state index in [1.54, 1.807) is 24.5 Å². The van der Waals surface area contributed by atoms with Gasteiger partial charge < -0.3 is 18.6 Å². The first-order valence-corrected chi connectivity index (χ1v) is 11.4. The number of halogens is 1. The maximum Gasteiger partial charge on any atom is 0.146 e. The first kappa shape index (κ1) is 21.6. The Labute approximate surface area is 186 Å². The van der Waals surface area contributed by atoms with E-state index in [0.717, 1.165) is 16.5 Å².